The number of hydrogen-bond acceptors (Lipinski definition) is 5. The van der Waals surface area contributed by atoms with Crippen LogP contribution in [0, 0.1) is 5.92 Å². The number of aliphatic hydroxyl groups excluding tert-OH is 1. The van der Waals surface area contributed by atoms with Gasteiger partial charge in [0.05, 0.1) is 12.6 Å². The van der Waals surface area contributed by atoms with E-state index < -0.39 is 12.6 Å². The maximum atomic E-state index is 12.8. The number of likely N-dealkylation sites (tertiary alicyclic amines) is 1. The van der Waals surface area contributed by atoms with Gasteiger partial charge in [-0.15, -0.1) is 0 Å². The molecule has 4 rings (SSSR count). The van der Waals surface area contributed by atoms with Crippen LogP contribution in [0.5, 0.6) is 0 Å². The largest absolute Gasteiger partial charge is 0.394 e. The molecule has 0 spiro atoms. The summed E-state index contributed by atoms with van der Waals surface area (Å²) in [7, 11) is 0. The minimum Gasteiger partial charge on any atom is -0.394 e. The van der Waals surface area contributed by atoms with Crippen LogP contribution in [0.3, 0.4) is 0 Å². The summed E-state index contributed by atoms with van der Waals surface area (Å²) in [6.07, 6.45) is 0.822. The Labute approximate surface area is 164 Å². The van der Waals surface area contributed by atoms with Crippen molar-refractivity contribution in [3.8, 4) is 0 Å². The van der Waals surface area contributed by atoms with Crippen molar-refractivity contribution in [1.82, 2.24) is 21.1 Å². The van der Waals surface area contributed by atoms with Crippen LogP contribution in [0.2, 0.25) is 0 Å². The Morgan fingerprint density at radius 1 is 1.21 bits per heavy atom. The van der Waals surface area contributed by atoms with Crippen LogP contribution < -0.4 is 16.2 Å². The van der Waals surface area contributed by atoms with E-state index in [1.54, 1.807) is 4.90 Å². The zero-order valence-corrected chi connectivity index (χ0v) is 15.9. The summed E-state index contributed by atoms with van der Waals surface area (Å²) < 4.78 is 0. The van der Waals surface area contributed by atoms with Crippen molar-refractivity contribution >= 4 is 22.6 Å². The third kappa shape index (κ3) is 3.48. The molecule has 2 heterocycles. The van der Waals surface area contributed by atoms with Crippen LogP contribution in [0.25, 0.3) is 10.8 Å². The molecule has 4 N–H and O–H groups in total. The molecule has 0 saturated carbocycles. The number of benzene rings is 2. The summed E-state index contributed by atoms with van der Waals surface area (Å²) in [4.78, 5) is 25.9. The molecule has 7 nitrogen and oxygen atoms in total. The van der Waals surface area contributed by atoms with E-state index >= 15 is 0 Å². The lowest BCUT2D eigenvalue weighted by atomic mass is 9.83. The molecule has 2 amide bonds. The van der Waals surface area contributed by atoms with Crippen LogP contribution in [0.15, 0.2) is 42.5 Å². The van der Waals surface area contributed by atoms with Gasteiger partial charge in [0, 0.05) is 32.0 Å². The van der Waals surface area contributed by atoms with E-state index in [1.807, 2.05) is 12.1 Å². The first kappa shape index (κ1) is 18.9. The second-order valence-electron chi connectivity index (χ2n) is 7.61. The first-order chi connectivity index (χ1) is 13.6. The molecule has 0 aromatic heterocycles. The van der Waals surface area contributed by atoms with E-state index in [2.05, 4.69) is 46.5 Å². The molecule has 4 unspecified atom stereocenters. The minimum absolute atomic E-state index is 0.0834. The molecule has 2 saturated heterocycles. The van der Waals surface area contributed by atoms with Gasteiger partial charge in [-0.05, 0) is 22.8 Å². The number of carbonyl (C=O) groups excluding carboxylic acids is 2. The highest BCUT2D eigenvalue weighted by molar-refractivity contribution is 5.87. The van der Waals surface area contributed by atoms with Crippen molar-refractivity contribution in [1.29, 1.82) is 0 Å². The Morgan fingerprint density at radius 2 is 2.00 bits per heavy atom. The quantitative estimate of drug-likeness (QED) is 0.625. The molecule has 2 aromatic carbocycles. The first-order valence-electron chi connectivity index (χ1n) is 9.74. The second kappa shape index (κ2) is 7.87. The van der Waals surface area contributed by atoms with Gasteiger partial charge in [0.15, 0.2) is 0 Å². The number of hydrazine groups is 1. The van der Waals surface area contributed by atoms with Crippen LogP contribution in [0.4, 0.5) is 0 Å². The first-order valence-corrected chi connectivity index (χ1v) is 9.74. The highest BCUT2D eigenvalue weighted by Crippen LogP contribution is 2.36. The van der Waals surface area contributed by atoms with E-state index in [9.17, 15) is 14.7 Å². The summed E-state index contributed by atoms with van der Waals surface area (Å²) in [6, 6.07) is 14.1. The number of nitrogens with one attached hydrogen (secondary N) is 3. The Morgan fingerprint density at radius 3 is 2.79 bits per heavy atom. The SMILES string of the molecule is CC(=O)NC(CO)C(=O)N1CCC2NNC(c3cccc4ccccc34)C2C1. The van der Waals surface area contributed by atoms with Crippen molar-refractivity contribution in [2.75, 3.05) is 19.7 Å². The van der Waals surface area contributed by atoms with Gasteiger partial charge in [0.1, 0.15) is 6.04 Å². The van der Waals surface area contributed by atoms with E-state index in [0.717, 1.165) is 6.42 Å². The fourth-order valence-corrected chi connectivity index (χ4v) is 4.48. The molecule has 2 aromatic rings. The van der Waals surface area contributed by atoms with Gasteiger partial charge >= 0.3 is 0 Å². The van der Waals surface area contributed by atoms with E-state index in [-0.39, 0.29) is 29.8 Å². The van der Waals surface area contributed by atoms with Crippen LogP contribution >= 0.6 is 0 Å². The second-order valence-corrected chi connectivity index (χ2v) is 7.61. The molecule has 4 atom stereocenters. The number of piperidine rings is 1. The molecule has 28 heavy (non-hydrogen) atoms. The number of fused-ring (bicyclic) bond motifs is 2. The number of amides is 2. The Hall–Kier alpha value is -2.48. The molecule has 2 aliphatic rings. The monoisotopic (exact) mass is 382 g/mol. The van der Waals surface area contributed by atoms with Gasteiger partial charge in [-0.1, -0.05) is 42.5 Å². The number of carbonyl (C=O) groups is 2. The van der Waals surface area contributed by atoms with Crippen molar-refractivity contribution in [2.45, 2.75) is 31.5 Å². The Bertz CT molecular complexity index is 882. The zero-order chi connectivity index (χ0) is 19.7. The standard InChI is InChI=1S/C21H26N4O3/c1-13(27)22-19(12-26)21(28)25-10-9-18-17(11-25)20(24-23-18)16-8-4-6-14-5-2-3-7-15(14)16/h2-8,17-20,23-24,26H,9-12H2,1H3,(H,22,27). The summed E-state index contributed by atoms with van der Waals surface area (Å²) >= 11 is 0. The normalized spacial score (nSPS) is 25.4. The molecular weight excluding hydrogens is 356 g/mol. The summed E-state index contributed by atoms with van der Waals surface area (Å²) in [6.45, 7) is 2.14. The van der Waals surface area contributed by atoms with Gasteiger partial charge in [-0.2, -0.15) is 0 Å². The predicted octanol–water partition coefficient (Wildman–Crippen LogP) is 0.703. The zero-order valence-electron chi connectivity index (χ0n) is 15.9. The van der Waals surface area contributed by atoms with E-state index in [1.165, 1.54) is 23.3 Å². The molecular formula is C21H26N4O3. The van der Waals surface area contributed by atoms with E-state index in [4.69, 9.17) is 0 Å². The molecule has 2 fully saturated rings. The van der Waals surface area contributed by atoms with Crippen molar-refractivity contribution in [2.24, 2.45) is 5.92 Å². The average Bonchev–Trinajstić information content (AvgIpc) is 3.14. The van der Waals surface area contributed by atoms with Crippen LogP contribution in [-0.4, -0.2) is 53.6 Å². The van der Waals surface area contributed by atoms with Gasteiger partial charge in [0.25, 0.3) is 0 Å². The third-order valence-electron chi connectivity index (χ3n) is 5.84. The maximum absolute atomic E-state index is 12.8. The molecule has 148 valence electrons. The van der Waals surface area contributed by atoms with Gasteiger partial charge in [0.2, 0.25) is 11.8 Å². The number of hydrogen-bond donors (Lipinski definition) is 4. The van der Waals surface area contributed by atoms with Crippen LogP contribution in [-0.2, 0) is 9.59 Å². The Kier molecular flexibility index (Phi) is 5.30. The fourth-order valence-electron chi connectivity index (χ4n) is 4.48. The van der Waals surface area contributed by atoms with E-state index in [0.29, 0.717) is 13.1 Å². The fraction of sp³-hybridized carbons (Fsp3) is 0.429. The minimum atomic E-state index is -0.882. The smallest absolute Gasteiger partial charge is 0.247 e. The average molecular weight is 382 g/mol. The summed E-state index contributed by atoms with van der Waals surface area (Å²) in [5.74, 6) is -0.333. The number of nitrogens with zero attached hydrogens (tertiary/aromatic N) is 1. The highest BCUT2D eigenvalue weighted by atomic mass is 16.3. The molecule has 2 aliphatic heterocycles. The van der Waals surface area contributed by atoms with Gasteiger partial charge in [-0.25, -0.2) is 5.43 Å². The summed E-state index contributed by atoms with van der Waals surface area (Å²) in [5.41, 5.74) is 8.05. The van der Waals surface area contributed by atoms with Gasteiger partial charge in [-0.3, -0.25) is 15.0 Å². The third-order valence-corrected chi connectivity index (χ3v) is 5.84. The lowest BCUT2D eigenvalue weighted by molar-refractivity contribution is -0.139. The molecule has 0 radical (unpaired) electrons. The summed E-state index contributed by atoms with van der Waals surface area (Å²) in [5, 5.41) is 14.5. The molecule has 0 aliphatic carbocycles. The lowest BCUT2D eigenvalue weighted by Gasteiger charge is -2.37. The highest BCUT2D eigenvalue weighted by Gasteiger charge is 2.42. The number of rotatable bonds is 4. The van der Waals surface area contributed by atoms with Crippen molar-refractivity contribution in [3.05, 3.63) is 48.0 Å². The maximum Gasteiger partial charge on any atom is 0.247 e. The van der Waals surface area contributed by atoms with Gasteiger partial charge < -0.3 is 15.3 Å². The topological polar surface area (TPSA) is 93.7 Å². The predicted molar refractivity (Wildman–Crippen MR) is 106 cm³/mol. The molecule has 0 bridgehead atoms. The van der Waals surface area contributed by atoms with Crippen molar-refractivity contribution in [3.63, 3.8) is 0 Å². The van der Waals surface area contributed by atoms with Crippen molar-refractivity contribution < 1.29 is 14.7 Å². The Balaban J connectivity index is 1.57. The number of aliphatic hydroxyl groups is 1. The lowest BCUT2D eigenvalue weighted by Crippen LogP contribution is -2.55. The molecule has 7 heteroatoms. The van der Waals surface area contributed by atoms with Crippen LogP contribution in [0.1, 0.15) is 24.9 Å².